The molecule has 1 aliphatic rings. The number of carbonyl (C=O) groups is 1. The van der Waals surface area contributed by atoms with Crippen LogP contribution in [0.5, 0.6) is 0 Å². The van der Waals surface area contributed by atoms with Crippen LogP contribution in [0.3, 0.4) is 0 Å². The molecule has 1 atom stereocenters. The molecule has 1 aromatic carbocycles. The van der Waals surface area contributed by atoms with Crippen LogP contribution in [-0.4, -0.2) is 33.8 Å². The summed E-state index contributed by atoms with van der Waals surface area (Å²) in [4.78, 5) is 18.2. The number of benzene rings is 1. The summed E-state index contributed by atoms with van der Waals surface area (Å²) < 4.78 is 0. The van der Waals surface area contributed by atoms with Gasteiger partial charge in [0.15, 0.2) is 0 Å². The molecular formula is C19H20N4O2. The predicted octanol–water partition coefficient (Wildman–Crippen LogP) is 3.98. The largest absolute Gasteiger partial charge is 0.512 e. The fraction of sp³-hybridized carbons (Fsp3) is 0.211. The zero-order chi connectivity index (χ0) is 18.1. The van der Waals surface area contributed by atoms with E-state index in [1.165, 1.54) is 6.92 Å². The Kier molecular flexibility index (Phi) is 4.27. The Morgan fingerprint density at radius 2 is 1.96 bits per heavy atom. The minimum atomic E-state index is -0.266. The molecule has 0 fully saturated rings. The lowest BCUT2D eigenvalue weighted by atomic mass is 9.93. The summed E-state index contributed by atoms with van der Waals surface area (Å²) >= 11 is 0. The number of aromatic nitrogens is 1. The van der Waals surface area contributed by atoms with Gasteiger partial charge in [0, 0.05) is 18.3 Å². The molecule has 2 amide bonds. The molecule has 2 aromatic rings. The van der Waals surface area contributed by atoms with E-state index >= 15 is 0 Å². The van der Waals surface area contributed by atoms with Crippen LogP contribution in [0, 0.1) is 5.41 Å². The van der Waals surface area contributed by atoms with E-state index in [1.54, 1.807) is 25.1 Å². The number of anilines is 1. The van der Waals surface area contributed by atoms with Crippen LogP contribution in [0.15, 0.2) is 48.4 Å². The molecule has 1 aromatic heterocycles. The van der Waals surface area contributed by atoms with E-state index in [2.05, 4.69) is 10.3 Å². The summed E-state index contributed by atoms with van der Waals surface area (Å²) in [5, 5.41) is 20.7. The third-order valence-electron chi connectivity index (χ3n) is 4.29. The summed E-state index contributed by atoms with van der Waals surface area (Å²) in [6.07, 6.45) is 1.58. The van der Waals surface area contributed by atoms with Crippen LogP contribution >= 0.6 is 0 Å². The van der Waals surface area contributed by atoms with Gasteiger partial charge in [-0.1, -0.05) is 30.3 Å². The number of aliphatic hydroxyl groups excluding tert-OH is 1. The van der Waals surface area contributed by atoms with Gasteiger partial charge >= 0.3 is 6.03 Å². The SMILES string of the molecule is CC(=N)/C(=C(/C)O)c1cc2c(cn1)NC(=O)N(C)C2c1ccccc1. The highest BCUT2D eigenvalue weighted by atomic mass is 16.3. The van der Waals surface area contributed by atoms with Gasteiger partial charge in [-0.05, 0) is 25.5 Å². The van der Waals surface area contributed by atoms with Gasteiger partial charge in [0.1, 0.15) is 5.76 Å². The second-order valence-corrected chi connectivity index (χ2v) is 6.10. The summed E-state index contributed by atoms with van der Waals surface area (Å²) in [6.45, 7) is 3.15. The second-order valence-electron chi connectivity index (χ2n) is 6.10. The molecule has 128 valence electrons. The third kappa shape index (κ3) is 2.98. The van der Waals surface area contributed by atoms with Crippen molar-refractivity contribution in [2.24, 2.45) is 0 Å². The van der Waals surface area contributed by atoms with Gasteiger partial charge in [0.05, 0.1) is 29.2 Å². The molecule has 2 heterocycles. The number of hydrogen-bond acceptors (Lipinski definition) is 4. The highest BCUT2D eigenvalue weighted by Crippen LogP contribution is 2.37. The predicted molar refractivity (Wildman–Crippen MR) is 97.9 cm³/mol. The second kappa shape index (κ2) is 6.39. The molecular weight excluding hydrogens is 316 g/mol. The molecule has 0 bridgehead atoms. The Morgan fingerprint density at radius 1 is 1.28 bits per heavy atom. The lowest BCUT2D eigenvalue weighted by Gasteiger charge is -2.35. The first kappa shape index (κ1) is 16.7. The number of nitrogens with one attached hydrogen (secondary N) is 2. The third-order valence-corrected chi connectivity index (χ3v) is 4.29. The molecule has 3 rings (SSSR count). The van der Waals surface area contributed by atoms with Gasteiger partial charge in [-0.25, -0.2) is 4.79 Å². The molecule has 1 aliphatic heterocycles. The Hall–Kier alpha value is -3.15. The Balaban J connectivity index is 2.19. The summed E-state index contributed by atoms with van der Waals surface area (Å²) in [5.74, 6) is 0.0458. The first-order valence-corrected chi connectivity index (χ1v) is 7.94. The van der Waals surface area contributed by atoms with Crippen molar-refractivity contribution in [2.75, 3.05) is 12.4 Å². The van der Waals surface area contributed by atoms with Gasteiger partial charge in [-0.15, -0.1) is 0 Å². The Labute approximate surface area is 146 Å². The molecule has 0 saturated carbocycles. The standard InChI is InChI=1S/C19H20N4O2/c1-11(20)17(12(2)24)15-9-14-16(10-21-15)22-19(25)23(3)18(14)13-7-5-4-6-8-13/h4-10,18,20,24H,1-3H3,(H,22,25)/b17-12+,20-11?. The monoisotopic (exact) mass is 336 g/mol. The van der Waals surface area contributed by atoms with Crippen molar-refractivity contribution in [3.8, 4) is 0 Å². The van der Waals surface area contributed by atoms with E-state index in [1.807, 2.05) is 36.4 Å². The highest BCUT2D eigenvalue weighted by molar-refractivity contribution is 6.21. The lowest BCUT2D eigenvalue weighted by Crippen LogP contribution is -2.40. The minimum Gasteiger partial charge on any atom is -0.512 e. The maximum absolute atomic E-state index is 12.3. The van der Waals surface area contributed by atoms with Crippen molar-refractivity contribution in [2.45, 2.75) is 19.9 Å². The van der Waals surface area contributed by atoms with Crippen LogP contribution in [-0.2, 0) is 0 Å². The fourth-order valence-electron chi connectivity index (χ4n) is 3.15. The lowest BCUT2D eigenvalue weighted by molar-refractivity contribution is 0.209. The first-order chi connectivity index (χ1) is 11.9. The summed E-state index contributed by atoms with van der Waals surface area (Å²) in [6, 6.07) is 11.1. The van der Waals surface area contributed by atoms with E-state index in [0.29, 0.717) is 17.0 Å². The summed E-state index contributed by atoms with van der Waals surface area (Å²) in [5.41, 5.74) is 3.63. The van der Waals surface area contributed by atoms with Crippen LogP contribution in [0.4, 0.5) is 10.5 Å². The number of allylic oxidation sites excluding steroid dienone is 2. The average Bonchev–Trinajstić information content (AvgIpc) is 2.56. The van der Waals surface area contributed by atoms with Crippen molar-refractivity contribution in [3.05, 3.63) is 65.2 Å². The van der Waals surface area contributed by atoms with Crippen LogP contribution < -0.4 is 5.32 Å². The van der Waals surface area contributed by atoms with Gasteiger partial charge in [-0.2, -0.15) is 0 Å². The molecule has 0 radical (unpaired) electrons. The van der Waals surface area contributed by atoms with Crippen molar-refractivity contribution in [3.63, 3.8) is 0 Å². The van der Waals surface area contributed by atoms with E-state index in [-0.39, 0.29) is 23.5 Å². The maximum atomic E-state index is 12.3. The number of rotatable bonds is 3. The van der Waals surface area contributed by atoms with Crippen molar-refractivity contribution >= 4 is 23.0 Å². The number of nitrogens with zero attached hydrogens (tertiary/aromatic N) is 2. The van der Waals surface area contributed by atoms with E-state index in [0.717, 1.165) is 11.1 Å². The zero-order valence-corrected chi connectivity index (χ0v) is 14.4. The van der Waals surface area contributed by atoms with Gasteiger partial charge in [0.25, 0.3) is 0 Å². The molecule has 0 saturated heterocycles. The summed E-state index contributed by atoms with van der Waals surface area (Å²) in [7, 11) is 1.74. The molecule has 1 unspecified atom stereocenters. The van der Waals surface area contributed by atoms with Crippen LogP contribution in [0.1, 0.15) is 36.7 Å². The molecule has 6 heteroatoms. The molecule has 3 N–H and O–H groups in total. The van der Waals surface area contributed by atoms with E-state index < -0.39 is 0 Å². The number of pyridine rings is 1. The van der Waals surface area contributed by atoms with Crippen LogP contribution in [0.25, 0.3) is 5.57 Å². The number of fused-ring (bicyclic) bond motifs is 1. The average molecular weight is 336 g/mol. The van der Waals surface area contributed by atoms with Crippen molar-refractivity contribution < 1.29 is 9.90 Å². The number of aliphatic hydroxyl groups is 1. The van der Waals surface area contributed by atoms with E-state index in [4.69, 9.17) is 5.41 Å². The van der Waals surface area contributed by atoms with Crippen LogP contribution in [0.2, 0.25) is 0 Å². The van der Waals surface area contributed by atoms with E-state index in [9.17, 15) is 9.90 Å². The quantitative estimate of drug-likeness (QED) is 0.585. The number of amides is 2. The normalized spacial score (nSPS) is 17.5. The fourth-order valence-corrected chi connectivity index (χ4v) is 3.15. The van der Waals surface area contributed by atoms with Gasteiger partial charge in [-0.3, -0.25) is 4.98 Å². The van der Waals surface area contributed by atoms with Gasteiger partial charge < -0.3 is 20.7 Å². The minimum absolute atomic E-state index is 0.0458. The Morgan fingerprint density at radius 3 is 2.56 bits per heavy atom. The van der Waals surface area contributed by atoms with Crippen molar-refractivity contribution in [1.29, 1.82) is 5.41 Å². The van der Waals surface area contributed by atoms with Crippen molar-refractivity contribution in [1.82, 2.24) is 9.88 Å². The molecule has 25 heavy (non-hydrogen) atoms. The molecule has 0 aliphatic carbocycles. The maximum Gasteiger partial charge on any atom is 0.322 e. The number of carbonyl (C=O) groups excluding carboxylic acids is 1. The highest BCUT2D eigenvalue weighted by Gasteiger charge is 2.32. The van der Waals surface area contributed by atoms with Gasteiger partial charge in [0.2, 0.25) is 0 Å². The number of urea groups is 1. The first-order valence-electron chi connectivity index (χ1n) is 7.94. The Bertz CT molecular complexity index is 870. The zero-order valence-electron chi connectivity index (χ0n) is 14.4. The topological polar surface area (TPSA) is 89.3 Å². The smallest absolute Gasteiger partial charge is 0.322 e. The molecule has 0 spiro atoms. The number of hydrogen-bond donors (Lipinski definition) is 3. The molecule has 6 nitrogen and oxygen atoms in total.